The number of ether oxygens (including phenoxy) is 2. The summed E-state index contributed by atoms with van der Waals surface area (Å²) in [6, 6.07) is 25.8. The van der Waals surface area contributed by atoms with Crippen molar-refractivity contribution in [3.05, 3.63) is 89.4 Å². The Balaban J connectivity index is 1.82. The molecule has 0 N–H and O–H groups in total. The maximum Gasteiger partial charge on any atom is 0.118 e. The van der Waals surface area contributed by atoms with Crippen molar-refractivity contribution in [2.75, 3.05) is 14.2 Å². The van der Waals surface area contributed by atoms with Gasteiger partial charge in [0.2, 0.25) is 0 Å². The predicted molar refractivity (Wildman–Crippen MR) is 117 cm³/mol. The van der Waals surface area contributed by atoms with Gasteiger partial charge in [-0.3, -0.25) is 4.68 Å². The molecule has 1 aromatic heterocycles. The molecule has 1 heterocycles. The minimum atomic E-state index is 0.622. The van der Waals surface area contributed by atoms with Crippen LogP contribution in [0.1, 0.15) is 5.56 Å². The first kappa shape index (κ1) is 19.1. The second-order valence-electron chi connectivity index (χ2n) is 6.61. The summed E-state index contributed by atoms with van der Waals surface area (Å²) >= 11 is 6.87. The SMILES string of the molecule is COc1ccc(-c2nn(Cc3ccccc3)c(-c3ccc(OC)cc3)c2Cl)cc1. The van der Waals surface area contributed by atoms with Crippen molar-refractivity contribution in [1.29, 1.82) is 0 Å². The summed E-state index contributed by atoms with van der Waals surface area (Å²) in [6.45, 7) is 0.623. The monoisotopic (exact) mass is 404 g/mol. The summed E-state index contributed by atoms with van der Waals surface area (Å²) in [6.07, 6.45) is 0. The third-order valence-corrected chi connectivity index (χ3v) is 5.15. The molecule has 4 nitrogen and oxygen atoms in total. The standard InChI is InChI=1S/C24H21ClN2O2/c1-28-20-12-8-18(9-13-20)23-22(25)24(19-10-14-21(29-2)15-11-19)27(26-23)16-17-6-4-3-5-7-17/h3-15H,16H2,1-2H3. The third kappa shape index (κ3) is 3.98. The van der Waals surface area contributed by atoms with E-state index in [2.05, 4.69) is 12.1 Å². The minimum Gasteiger partial charge on any atom is -0.497 e. The van der Waals surface area contributed by atoms with Crippen molar-refractivity contribution >= 4 is 11.6 Å². The van der Waals surface area contributed by atoms with Crippen LogP contribution in [-0.4, -0.2) is 24.0 Å². The third-order valence-electron chi connectivity index (χ3n) is 4.80. The number of hydrogen-bond donors (Lipinski definition) is 0. The number of methoxy groups -OCH3 is 2. The zero-order valence-corrected chi connectivity index (χ0v) is 17.1. The highest BCUT2D eigenvalue weighted by molar-refractivity contribution is 6.35. The van der Waals surface area contributed by atoms with E-state index in [0.29, 0.717) is 11.6 Å². The van der Waals surface area contributed by atoms with Crippen molar-refractivity contribution in [3.8, 4) is 34.0 Å². The van der Waals surface area contributed by atoms with Gasteiger partial charge < -0.3 is 9.47 Å². The first-order chi connectivity index (χ1) is 14.2. The van der Waals surface area contributed by atoms with Gasteiger partial charge in [-0.15, -0.1) is 0 Å². The van der Waals surface area contributed by atoms with Gasteiger partial charge >= 0.3 is 0 Å². The van der Waals surface area contributed by atoms with Crippen LogP contribution in [0.15, 0.2) is 78.9 Å². The van der Waals surface area contributed by atoms with Crippen LogP contribution >= 0.6 is 11.6 Å². The van der Waals surface area contributed by atoms with E-state index >= 15 is 0 Å². The molecule has 0 amide bonds. The molecular formula is C24H21ClN2O2. The van der Waals surface area contributed by atoms with Crippen LogP contribution in [-0.2, 0) is 6.54 Å². The number of aromatic nitrogens is 2. The molecule has 0 aliphatic heterocycles. The van der Waals surface area contributed by atoms with Crippen LogP contribution in [0.5, 0.6) is 11.5 Å². The van der Waals surface area contributed by atoms with Crippen molar-refractivity contribution < 1.29 is 9.47 Å². The second kappa shape index (κ2) is 8.41. The van der Waals surface area contributed by atoms with Gasteiger partial charge in [0.25, 0.3) is 0 Å². The lowest BCUT2D eigenvalue weighted by Gasteiger charge is -2.09. The largest absolute Gasteiger partial charge is 0.497 e. The van der Waals surface area contributed by atoms with E-state index in [1.165, 1.54) is 0 Å². The molecule has 0 aliphatic carbocycles. The lowest BCUT2D eigenvalue weighted by atomic mass is 10.1. The normalized spacial score (nSPS) is 10.7. The highest BCUT2D eigenvalue weighted by Gasteiger charge is 2.19. The fourth-order valence-electron chi connectivity index (χ4n) is 3.27. The van der Waals surface area contributed by atoms with E-state index in [-0.39, 0.29) is 0 Å². The molecule has 146 valence electrons. The van der Waals surface area contributed by atoms with E-state index < -0.39 is 0 Å². The van der Waals surface area contributed by atoms with Gasteiger partial charge in [0.05, 0.1) is 31.5 Å². The Bertz CT molecular complexity index is 1090. The Morgan fingerprint density at radius 1 is 0.759 bits per heavy atom. The van der Waals surface area contributed by atoms with E-state index in [9.17, 15) is 0 Å². The quantitative estimate of drug-likeness (QED) is 0.399. The average molecular weight is 405 g/mol. The zero-order chi connectivity index (χ0) is 20.2. The van der Waals surface area contributed by atoms with Crippen LogP contribution < -0.4 is 9.47 Å². The summed E-state index contributed by atoms with van der Waals surface area (Å²) < 4.78 is 12.5. The molecule has 5 heteroatoms. The summed E-state index contributed by atoms with van der Waals surface area (Å²) in [5.41, 5.74) is 4.71. The molecule has 0 atom stereocenters. The summed E-state index contributed by atoms with van der Waals surface area (Å²) in [4.78, 5) is 0. The topological polar surface area (TPSA) is 36.3 Å². The Morgan fingerprint density at radius 2 is 1.31 bits per heavy atom. The molecular weight excluding hydrogens is 384 g/mol. The Morgan fingerprint density at radius 3 is 1.86 bits per heavy atom. The Kier molecular flexibility index (Phi) is 5.54. The molecule has 3 aromatic carbocycles. The van der Waals surface area contributed by atoms with Crippen molar-refractivity contribution in [1.82, 2.24) is 9.78 Å². The van der Waals surface area contributed by atoms with E-state index in [1.807, 2.05) is 71.4 Å². The summed E-state index contributed by atoms with van der Waals surface area (Å²) in [5.74, 6) is 1.60. The summed E-state index contributed by atoms with van der Waals surface area (Å²) in [7, 11) is 3.31. The van der Waals surface area contributed by atoms with Crippen LogP contribution in [0.3, 0.4) is 0 Å². The molecule has 4 rings (SSSR count). The zero-order valence-electron chi connectivity index (χ0n) is 16.3. The number of hydrogen-bond acceptors (Lipinski definition) is 3. The molecule has 0 fully saturated rings. The lowest BCUT2D eigenvalue weighted by molar-refractivity contribution is 0.414. The smallest absolute Gasteiger partial charge is 0.118 e. The van der Waals surface area contributed by atoms with E-state index in [4.69, 9.17) is 26.2 Å². The van der Waals surface area contributed by atoms with Crippen molar-refractivity contribution in [3.63, 3.8) is 0 Å². The number of nitrogens with zero attached hydrogens (tertiary/aromatic N) is 2. The van der Waals surface area contributed by atoms with Gasteiger partial charge in [-0.05, 0) is 54.1 Å². The highest BCUT2D eigenvalue weighted by atomic mass is 35.5. The Hall–Kier alpha value is -3.24. The van der Waals surface area contributed by atoms with Gasteiger partial charge in [-0.25, -0.2) is 0 Å². The first-order valence-corrected chi connectivity index (χ1v) is 9.66. The predicted octanol–water partition coefficient (Wildman–Crippen LogP) is 5.94. The van der Waals surface area contributed by atoms with Crippen molar-refractivity contribution in [2.24, 2.45) is 0 Å². The molecule has 4 aromatic rings. The molecule has 0 spiro atoms. The van der Waals surface area contributed by atoms with Gasteiger partial charge in [0.1, 0.15) is 17.2 Å². The van der Waals surface area contributed by atoms with E-state index in [0.717, 1.165) is 39.6 Å². The molecule has 0 saturated heterocycles. The van der Waals surface area contributed by atoms with E-state index in [1.54, 1.807) is 14.2 Å². The maximum atomic E-state index is 6.87. The summed E-state index contributed by atoms with van der Waals surface area (Å²) in [5, 5.41) is 5.48. The second-order valence-corrected chi connectivity index (χ2v) is 6.99. The molecule has 0 unspecified atom stereocenters. The number of benzene rings is 3. The maximum absolute atomic E-state index is 6.87. The molecule has 29 heavy (non-hydrogen) atoms. The number of rotatable bonds is 6. The van der Waals surface area contributed by atoms with Gasteiger partial charge in [0, 0.05) is 11.1 Å². The number of halogens is 1. The fourth-order valence-corrected chi connectivity index (χ4v) is 3.62. The van der Waals surface area contributed by atoms with Crippen LogP contribution in [0.4, 0.5) is 0 Å². The lowest BCUT2D eigenvalue weighted by Crippen LogP contribution is -2.04. The fraction of sp³-hybridized carbons (Fsp3) is 0.125. The molecule has 0 aliphatic rings. The molecule has 0 saturated carbocycles. The van der Waals surface area contributed by atoms with Crippen molar-refractivity contribution in [2.45, 2.75) is 6.54 Å². The Labute approximate surface area is 175 Å². The van der Waals surface area contributed by atoms with Gasteiger partial charge in [-0.2, -0.15) is 5.10 Å². The first-order valence-electron chi connectivity index (χ1n) is 9.28. The van der Waals surface area contributed by atoms with Crippen LogP contribution in [0.25, 0.3) is 22.5 Å². The van der Waals surface area contributed by atoms with Gasteiger partial charge in [0.15, 0.2) is 0 Å². The highest BCUT2D eigenvalue weighted by Crippen LogP contribution is 2.37. The van der Waals surface area contributed by atoms with Gasteiger partial charge in [-0.1, -0.05) is 41.9 Å². The van der Waals surface area contributed by atoms with Crippen LogP contribution in [0, 0.1) is 0 Å². The average Bonchev–Trinajstić information content (AvgIpc) is 3.10. The molecule has 0 bridgehead atoms. The minimum absolute atomic E-state index is 0.622. The molecule has 0 radical (unpaired) electrons. The van der Waals surface area contributed by atoms with Crippen LogP contribution in [0.2, 0.25) is 5.02 Å².